The lowest BCUT2D eigenvalue weighted by Gasteiger charge is -2.27. The molecule has 1 fully saturated rings. The topological polar surface area (TPSA) is 75.4 Å². The van der Waals surface area contributed by atoms with Gasteiger partial charge in [0.2, 0.25) is 5.91 Å². The SMILES string of the molecule is CCCC1SCC(C(=O)NCCc2ccccn2)N1C(=O)c1ccco1. The summed E-state index contributed by atoms with van der Waals surface area (Å²) < 4.78 is 5.26. The van der Waals surface area contributed by atoms with E-state index in [9.17, 15) is 9.59 Å². The first-order valence-electron chi connectivity index (χ1n) is 8.86. The summed E-state index contributed by atoms with van der Waals surface area (Å²) >= 11 is 1.66. The molecule has 26 heavy (non-hydrogen) atoms. The summed E-state index contributed by atoms with van der Waals surface area (Å²) in [4.78, 5) is 31.5. The van der Waals surface area contributed by atoms with Crippen LogP contribution in [0, 0.1) is 0 Å². The molecule has 1 aliphatic heterocycles. The Kier molecular flexibility index (Phi) is 6.33. The fourth-order valence-electron chi connectivity index (χ4n) is 3.01. The van der Waals surface area contributed by atoms with Crippen LogP contribution >= 0.6 is 11.8 Å². The summed E-state index contributed by atoms with van der Waals surface area (Å²) in [6, 6.07) is 8.58. The van der Waals surface area contributed by atoms with E-state index < -0.39 is 6.04 Å². The standard InChI is InChI=1S/C19H23N3O3S/c1-2-6-17-22(19(24)16-8-5-12-25-16)15(13-26-17)18(23)21-11-9-14-7-3-4-10-20-14/h3-5,7-8,10,12,15,17H,2,6,9,11,13H2,1H3,(H,21,23). The monoisotopic (exact) mass is 373 g/mol. The molecule has 2 aromatic rings. The van der Waals surface area contributed by atoms with E-state index in [1.54, 1.807) is 35.0 Å². The Balaban J connectivity index is 1.64. The third-order valence-electron chi connectivity index (χ3n) is 4.30. The number of hydrogen-bond acceptors (Lipinski definition) is 5. The number of amides is 2. The van der Waals surface area contributed by atoms with Gasteiger partial charge in [-0.1, -0.05) is 19.4 Å². The molecule has 2 amide bonds. The van der Waals surface area contributed by atoms with Crippen LogP contribution in [0.1, 0.15) is 36.0 Å². The van der Waals surface area contributed by atoms with Gasteiger partial charge >= 0.3 is 0 Å². The van der Waals surface area contributed by atoms with Crippen molar-refractivity contribution >= 4 is 23.6 Å². The molecule has 0 spiro atoms. The van der Waals surface area contributed by atoms with Crippen molar-refractivity contribution in [1.29, 1.82) is 0 Å². The van der Waals surface area contributed by atoms with Gasteiger partial charge in [0.25, 0.3) is 5.91 Å². The van der Waals surface area contributed by atoms with E-state index >= 15 is 0 Å². The van der Waals surface area contributed by atoms with Crippen LogP contribution in [-0.4, -0.2) is 45.4 Å². The maximum Gasteiger partial charge on any atom is 0.291 e. The van der Waals surface area contributed by atoms with Crippen molar-refractivity contribution in [2.75, 3.05) is 12.3 Å². The molecule has 7 heteroatoms. The van der Waals surface area contributed by atoms with Crippen LogP contribution in [0.25, 0.3) is 0 Å². The zero-order valence-electron chi connectivity index (χ0n) is 14.8. The third-order valence-corrected chi connectivity index (χ3v) is 5.66. The van der Waals surface area contributed by atoms with Crippen molar-refractivity contribution in [2.45, 2.75) is 37.6 Å². The molecular formula is C19H23N3O3S. The molecule has 2 atom stereocenters. The van der Waals surface area contributed by atoms with Gasteiger partial charge in [-0.2, -0.15) is 0 Å². The molecule has 0 aromatic carbocycles. The molecule has 3 rings (SSSR count). The molecule has 0 aliphatic carbocycles. The molecule has 0 bridgehead atoms. The van der Waals surface area contributed by atoms with Gasteiger partial charge in [0, 0.05) is 30.6 Å². The highest BCUT2D eigenvalue weighted by Gasteiger charge is 2.42. The predicted molar refractivity (Wildman–Crippen MR) is 101 cm³/mol. The molecule has 3 heterocycles. The van der Waals surface area contributed by atoms with Crippen molar-refractivity contribution in [3.63, 3.8) is 0 Å². The van der Waals surface area contributed by atoms with Crippen LogP contribution in [0.3, 0.4) is 0 Å². The van der Waals surface area contributed by atoms with Crippen LogP contribution in [0.5, 0.6) is 0 Å². The van der Waals surface area contributed by atoms with Gasteiger partial charge < -0.3 is 14.6 Å². The van der Waals surface area contributed by atoms with Crippen LogP contribution < -0.4 is 5.32 Å². The van der Waals surface area contributed by atoms with Gasteiger partial charge in [-0.15, -0.1) is 11.8 Å². The highest BCUT2D eigenvalue weighted by molar-refractivity contribution is 8.00. The van der Waals surface area contributed by atoms with Gasteiger partial charge in [0.1, 0.15) is 6.04 Å². The quantitative estimate of drug-likeness (QED) is 0.808. The number of pyridine rings is 1. The highest BCUT2D eigenvalue weighted by atomic mass is 32.2. The number of rotatable bonds is 7. The average Bonchev–Trinajstić information content (AvgIpc) is 3.32. The molecule has 2 unspecified atom stereocenters. The Morgan fingerprint density at radius 3 is 2.92 bits per heavy atom. The number of furan rings is 1. The van der Waals surface area contributed by atoms with Crippen LogP contribution in [-0.2, 0) is 11.2 Å². The van der Waals surface area contributed by atoms with Gasteiger partial charge in [0.05, 0.1) is 11.6 Å². The van der Waals surface area contributed by atoms with Crippen LogP contribution in [0.15, 0.2) is 47.2 Å². The van der Waals surface area contributed by atoms with Crippen molar-refractivity contribution in [1.82, 2.24) is 15.2 Å². The third kappa shape index (κ3) is 4.27. The number of carbonyl (C=O) groups is 2. The first-order valence-corrected chi connectivity index (χ1v) is 9.91. The van der Waals surface area contributed by atoms with Gasteiger partial charge in [-0.3, -0.25) is 14.6 Å². The Bertz CT molecular complexity index is 721. The van der Waals surface area contributed by atoms with Crippen LogP contribution in [0.2, 0.25) is 0 Å². The minimum Gasteiger partial charge on any atom is -0.459 e. The van der Waals surface area contributed by atoms with E-state index in [1.807, 2.05) is 18.2 Å². The second-order valence-corrected chi connectivity index (χ2v) is 7.36. The molecule has 1 saturated heterocycles. The molecule has 0 radical (unpaired) electrons. The van der Waals surface area contributed by atoms with Gasteiger partial charge in [-0.25, -0.2) is 0 Å². The van der Waals surface area contributed by atoms with E-state index in [0.717, 1.165) is 18.5 Å². The molecule has 1 N–H and O–H groups in total. The summed E-state index contributed by atoms with van der Waals surface area (Å²) in [5.41, 5.74) is 0.931. The maximum atomic E-state index is 12.8. The highest BCUT2D eigenvalue weighted by Crippen LogP contribution is 2.33. The van der Waals surface area contributed by atoms with Crippen LogP contribution in [0.4, 0.5) is 0 Å². The fraction of sp³-hybridized carbons (Fsp3) is 0.421. The number of thioether (sulfide) groups is 1. The van der Waals surface area contributed by atoms with Gasteiger partial charge in [-0.05, 0) is 30.7 Å². The lowest BCUT2D eigenvalue weighted by molar-refractivity contribution is -0.124. The Hall–Kier alpha value is -2.28. The van der Waals surface area contributed by atoms with E-state index in [-0.39, 0.29) is 22.9 Å². The number of nitrogens with zero attached hydrogens (tertiary/aromatic N) is 2. The molecule has 1 aliphatic rings. The Labute approximate surface area is 157 Å². The minimum atomic E-state index is -0.474. The number of hydrogen-bond donors (Lipinski definition) is 1. The zero-order valence-corrected chi connectivity index (χ0v) is 15.6. The molecule has 0 saturated carbocycles. The normalized spacial score (nSPS) is 19.5. The fourth-order valence-corrected chi connectivity index (χ4v) is 4.53. The summed E-state index contributed by atoms with van der Waals surface area (Å²) in [5.74, 6) is 0.544. The van der Waals surface area contributed by atoms with E-state index in [4.69, 9.17) is 4.42 Å². The van der Waals surface area contributed by atoms with E-state index in [0.29, 0.717) is 18.7 Å². The van der Waals surface area contributed by atoms with Crippen molar-refractivity contribution in [2.24, 2.45) is 0 Å². The largest absolute Gasteiger partial charge is 0.459 e. The Morgan fingerprint density at radius 2 is 2.23 bits per heavy atom. The van der Waals surface area contributed by atoms with Crippen molar-refractivity contribution < 1.29 is 14.0 Å². The first kappa shape index (κ1) is 18.5. The smallest absolute Gasteiger partial charge is 0.291 e. The molecule has 138 valence electrons. The second kappa shape index (κ2) is 8.89. The first-order chi connectivity index (χ1) is 12.7. The molecular weight excluding hydrogens is 350 g/mol. The minimum absolute atomic E-state index is 0.00383. The van der Waals surface area contributed by atoms with Crippen molar-refractivity contribution in [3.05, 3.63) is 54.2 Å². The van der Waals surface area contributed by atoms with Gasteiger partial charge in [0.15, 0.2) is 5.76 Å². The Morgan fingerprint density at radius 1 is 1.35 bits per heavy atom. The average molecular weight is 373 g/mol. The lowest BCUT2D eigenvalue weighted by Crippen LogP contribution is -2.50. The summed E-state index contributed by atoms with van der Waals surface area (Å²) in [7, 11) is 0. The summed E-state index contributed by atoms with van der Waals surface area (Å²) in [6.45, 7) is 2.58. The predicted octanol–water partition coefficient (Wildman–Crippen LogP) is 2.72. The number of aromatic nitrogens is 1. The van der Waals surface area contributed by atoms with E-state index in [1.165, 1.54) is 6.26 Å². The molecule has 6 nitrogen and oxygen atoms in total. The van der Waals surface area contributed by atoms with E-state index in [2.05, 4.69) is 17.2 Å². The van der Waals surface area contributed by atoms with Crippen molar-refractivity contribution in [3.8, 4) is 0 Å². The summed E-state index contributed by atoms with van der Waals surface area (Å²) in [6.07, 6.45) is 5.69. The maximum absolute atomic E-state index is 12.8. The number of carbonyl (C=O) groups excluding carboxylic acids is 2. The molecule has 2 aromatic heterocycles. The second-order valence-electron chi connectivity index (χ2n) is 6.14. The zero-order chi connectivity index (χ0) is 18.4. The number of nitrogens with one attached hydrogen (secondary N) is 1. The summed E-state index contributed by atoms with van der Waals surface area (Å²) in [5, 5.41) is 2.95. The lowest BCUT2D eigenvalue weighted by atomic mass is 10.2.